The number of hydrogen-bond donors (Lipinski definition) is 0. The molecule has 2 nitrogen and oxygen atoms in total. The van der Waals surface area contributed by atoms with E-state index in [-0.39, 0.29) is 0 Å². The molecule has 10 heteroatoms. The molecule has 1 heterocycles. The average Bonchev–Trinajstić information content (AvgIpc) is 1.94. The van der Waals surface area contributed by atoms with Crippen molar-refractivity contribution < 1.29 is 31.1 Å². The van der Waals surface area contributed by atoms with Crippen LogP contribution in [-0.4, -0.2) is 11.3 Å². The molecule has 17 heavy (non-hydrogen) atoms. The fraction of sp³-hybridized carbons (Fsp3) is 0.286. The molecule has 0 aromatic carbocycles. The summed E-state index contributed by atoms with van der Waals surface area (Å²) >= 11 is 2.48. The van der Waals surface area contributed by atoms with Gasteiger partial charge in [-0.05, 0) is 45.2 Å². The van der Waals surface area contributed by atoms with Crippen LogP contribution >= 0.6 is 45.2 Å². The molecule has 1 aromatic heterocycles. The van der Waals surface area contributed by atoms with Crippen molar-refractivity contribution in [2.45, 2.75) is 12.5 Å². The van der Waals surface area contributed by atoms with Crippen LogP contribution in [0.2, 0.25) is 0 Å². The SMILES string of the molecule is FC(F)(F)Oc1cc(I)c(C(F)(F)F)c(I)n1. The summed E-state index contributed by atoms with van der Waals surface area (Å²) in [7, 11) is 0. The van der Waals surface area contributed by atoms with Gasteiger partial charge >= 0.3 is 12.5 Å². The number of halogens is 8. The number of nitrogens with zero attached hydrogens (tertiary/aromatic N) is 1. The fourth-order valence-electron chi connectivity index (χ4n) is 0.887. The highest BCUT2D eigenvalue weighted by Crippen LogP contribution is 2.37. The lowest BCUT2D eigenvalue weighted by atomic mass is 10.3. The van der Waals surface area contributed by atoms with E-state index in [1.165, 1.54) is 45.2 Å². The smallest absolute Gasteiger partial charge is 0.388 e. The molecule has 0 aliphatic heterocycles. The summed E-state index contributed by atoms with van der Waals surface area (Å²) in [6.45, 7) is 0. The largest absolute Gasteiger partial charge is 0.574 e. The van der Waals surface area contributed by atoms with Gasteiger partial charge in [-0.15, -0.1) is 13.2 Å². The van der Waals surface area contributed by atoms with E-state index in [0.717, 1.165) is 0 Å². The summed E-state index contributed by atoms with van der Waals surface area (Å²) in [5.41, 5.74) is -1.08. The van der Waals surface area contributed by atoms with Gasteiger partial charge in [-0.2, -0.15) is 13.2 Å². The maximum atomic E-state index is 12.5. The summed E-state index contributed by atoms with van der Waals surface area (Å²) in [5, 5.41) is 0. The van der Waals surface area contributed by atoms with E-state index in [2.05, 4.69) is 9.72 Å². The zero-order chi connectivity index (χ0) is 13.4. The molecule has 0 spiro atoms. The molecular formula is C7HF6I2NO. The molecule has 0 unspecified atom stereocenters. The van der Waals surface area contributed by atoms with E-state index in [1.54, 1.807) is 0 Å². The van der Waals surface area contributed by atoms with Crippen LogP contribution in [0.15, 0.2) is 6.07 Å². The van der Waals surface area contributed by atoms with Crippen LogP contribution in [0.4, 0.5) is 26.3 Å². The summed E-state index contributed by atoms with van der Waals surface area (Å²) in [6, 6.07) is 0.582. The Bertz CT molecular complexity index is 406. The highest BCUT2D eigenvalue weighted by molar-refractivity contribution is 14.1. The normalized spacial score (nSPS) is 12.7. The fourth-order valence-corrected chi connectivity index (χ4v) is 3.07. The first kappa shape index (κ1) is 15.0. The van der Waals surface area contributed by atoms with Crippen LogP contribution < -0.4 is 4.74 Å². The third-order valence-corrected chi connectivity index (χ3v) is 3.04. The van der Waals surface area contributed by atoms with Gasteiger partial charge in [-0.3, -0.25) is 0 Å². The molecule has 0 aliphatic carbocycles. The zero-order valence-corrected chi connectivity index (χ0v) is 11.8. The number of aromatic nitrogens is 1. The Kier molecular flexibility index (Phi) is 4.37. The van der Waals surface area contributed by atoms with Crippen molar-refractivity contribution in [1.82, 2.24) is 4.98 Å². The molecule has 0 radical (unpaired) electrons. The van der Waals surface area contributed by atoms with Crippen LogP contribution in [0.5, 0.6) is 5.88 Å². The van der Waals surface area contributed by atoms with Gasteiger partial charge in [0.25, 0.3) is 0 Å². The Morgan fingerprint density at radius 2 is 1.59 bits per heavy atom. The highest BCUT2D eigenvalue weighted by atomic mass is 127. The summed E-state index contributed by atoms with van der Waals surface area (Å²) < 4.78 is 75.4. The second kappa shape index (κ2) is 4.93. The number of ether oxygens (including phenoxy) is 1. The molecular weight excluding hydrogens is 482 g/mol. The maximum absolute atomic E-state index is 12.5. The van der Waals surface area contributed by atoms with Gasteiger partial charge in [-0.1, -0.05) is 0 Å². The van der Waals surface area contributed by atoms with E-state index in [1.807, 2.05) is 0 Å². The number of rotatable bonds is 1. The zero-order valence-electron chi connectivity index (χ0n) is 7.46. The molecule has 0 N–H and O–H groups in total. The van der Waals surface area contributed by atoms with Gasteiger partial charge in [0.05, 0.1) is 0 Å². The van der Waals surface area contributed by atoms with Gasteiger partial charge in [0.1, 0.15) is 9.26 Å². The molecule has 0 atom stereocenters. The first-order valence-electron chi connectivity index (χ1n) is 3.69. The van der Waals surface area contributed by atoms with Crippen LogP contribution in [0, 0.1) is 7.27 Å². The van der Waals surface area contributed by atoms with Crippen molar-refractivity contribution in [3.63, 3.8) is 0 Å². The number of alkyl halides is 6. The van der Waals surface area contributed by atoms with E-state index in [9.17, 15) is 26.3 Å². The van der Waals surface area contributed by atoms with Gasteiger partial charge in [0.2, 0.25) is 5.88 Å². The molecule has 0 fully saturated rings. The molecule has 1 aromatic rings. The average molecular weight is 483 g/mol. The van der Waals surface area contributed by atoms with Crippen LogP contribution in [0.3, 0.4) is 0 Å². The topological polar surface area (TPSA) is 22.1 Å². The summed E-state index contributed by atoms with van der Waals surface area (Å²) in [6.07, 6.45) is -9.66. The predicted octanol–water partition coefficient (Wildman–Crippen LogP) is 4.21. The Labute approximate surface area is 118 Å². The molecule has 0 bridgehead atoms. The molecule has 0 amide bonds. The quantitative estimate of drug-likeness (QED) is 0.340. The molecule has 1 rings (SSSR count). The third-order valence-electron chi connectivity index (χ3n) is 1.41. The summed E-state index contributed by atoms with van der Waals surface area (Å²) in [5.74, 6) is -0.917. The standard InChI is InChI=1S/C7HF6I2NO/c8-6(9,10)4-2(14)1-3(16-5(4)15)17-7(11,12)13/h1H. The van der Waals surface area contributed by atoms with Crippen LogP contribution in [-0.2, 0) is 6.18 Å². The van der Waals surface area contributed by atoms with E-state index in [0.29, 0.717) is 6.07 Å². The second-order valence-corrected chi connectivity index (χ2v) is 4.84. The van der Waals surface area contributed by atoms with Gasteiger partial charge in [0.15, 0.2) is 0 Å². The molecule has 0 saturated carbocycles. The second-order valence-electron chi connectivity index (χ2n) is 2.65. The van der Waals surface area contributed by atoms with Crippen molar-refractivity contribution in [3.8, 4) is 5.88 Å². The molecule has 0 aliphatic rings. The number of hydrogen-bond acceptors (Lipinski definition) is 2. The van der Waals surface area contributed by atoms with Crippen molar-refractivity contribution in [3.05, 3.63) is 18.9 Å². The van der Waals surface area contributed by atoms with Crippen molar-refractivity contribution in [1.29, 1.82) is 0 Å². The van der Waals surface area contributed by atoms with Crippen molar-refractivity contribution >= 4 is 45.2 Å². The minimum atomic E-state index is -4.99. The molecule has 0 saturated heterocycles. The highest BCUT2D eigenvalue weighted by Gasteiger charge is 2.38. The Balaban J connectivity index is 3.19. The van der Waals surface area contributed by atoms with E-state index in [4.69, 9.17) is 0 Å². The first-order chi connectivity index (χ1) is 7.50. The molecule has 96 valence electrons. The third kappa shape index (κ3) is 4.30. The van der Waals surface area contributed by atoms with E-state index < -0.39 is 31.3 Å². The first-order valence-corrected chi connectivity index (χ1v) is 5.85. The number of pyridine rings is 1. The van der Waals surface area contributed by atoms with Crippen LogP contribution in [0.25, 0.3) is 0 Å². The van der Waals surface area contributed by atoms with Gasteiger partial charge in [0, 0.05) is 9.64 Å². The predicted molar refractivity (Wildman–Crippen MR) is 61.4 cm³/mol. The summed E-state index contributed by atoms with van der Waals surface area (Å²) in [4.78, 5) is 3.11. The van der Waals surface area contributed by atoms with Gasteiger partial charge < -0.3 is 4.74 Å². The minimum Gasteiger partial charge on any atom is -0.388 e. The lowest BCUT2D eigenvalue weighted by molar-refractivity contribution is -0.276. The maximum Gasteiger partial charge on any atom is 0.574 e. The lowest BCUT2D eigenvalue weighted by Gasteiger charge is -2.13. The van der Waals surface area contributed by atoms with Crippen LogP contribution in [0.1, 0.15) is 5.56 Å². The van der Waals surface area contributed by atoms with Gasteiger partial charge in [-0.25, -0.2) is 4.98 Å². The van der Waals surface area contributed by atoms with Crippen molar-refractivity contribution in [2.24, 2.45) is 0 Å². The van der Waals surface area contributed by atoms with E-state index >= 15 is 0 Å². The monoisotopic (exact) mass is 483 g/mol. The Hall–Kier alpha value is -0.0100. The lowest BCUT2D eigenvalue weighted by Crippen LogP contribution is -2.19. The Morgan fingerprint density at radius 1 is 1.06 bits per heavy atom. The Morgan fingerprint density at radius 3 is 1.94 bits per heavy atom. The van der Waals surface area contributed by atoms with Crippen molar-refractivity contribution in [2.75, 3.05) is 0 Å². The minimum absolute atomic E-state index is 0.409.